The van der Waals surface area contributed by atoms with E-state index in [-0.39, 0.29) is 5.41 Å². The molecule has 0 radical (unpaired) electrons. The lowest BCUT2D eigenvalue weighted by Gasteiger charge is -2.33. The first-order valence-corrected chi connectivity index (χ1v) is 23.8. The number of thiazole rings is 1. The minimum atomic E-state index is 0.0528. The SMILES string of the molecule is CCCCCCCCC1(CCCCCCCC)c2cc(C)ccc2-c2ccc(-c3cc(-c4ccc(-c5ccc(C)s5)s4)cc(-c4nc5ccccc5s4)c3)cc21. The van der Waals surface area contributed by atoms with Gasteiger partial charge in [0.25, 0.3) is 0 Å². The number of benzene rings is 4. The van der Waals surface area contributed by atoms with Gasteiger partial charge < -0.3 is 0 Å². The van der Waals surface area contributed by atoms with Gasteiger partial charge in [-0.1, -0.05) is 139 Å². The first kappa shape index (κ1) is 39.0. The molecule has 56 heavy (non-hydrogen) atoms. The van der Waals surface area contributed by atoms with Gasteiger partial charge in [0, 0.05) is 30.5 Å². The van der Waals surface area contributed by atoms with Gasteiger partial charge in [-0.3, -0.25) is 0 Å². The van der Waals surface area contributed by atoms with Crippen LogP contribution in [-0.4, -0.2) is 4.98 Å². The number of hydrogen-bond donors (Lipinski definition) is 0. The van der Waals surface area contributed by atoms with E-state index in [4.69, 9.17) is 4.98 Å². The van der Waals surface area contributed by atoms with Crippen LogP contribution in [0.15, 0.2) is 103 Å². The third-order valence-corrected chi connectivity index (χ3v) is 15.5. The van der Waals surface area contributed by atoms with E-state index in [1.807, 2.05) is 22.7 Å². The molecule has 0 saturated heterocycles. The van der Waals surface area contributed by atoms with Crippen LogP contribution in [0, 0.1) is 13.8 Å². The molecule has 0 bridgehead atoms. The van der Waals surface area contributed by atoms with Gasteiger partial charge in [-0.2, -0.15) is 0 Å². The maximum atomic E-state index is 5.17. The minimum absolute atomic E-state index is 0.0528. The zero-order valence-corrected chi connectivity index (χ0v) is 36.3. The fourth-order valence-corrected chi connectivity index (χ4v) is 12.0. The van der Waals surface area contributed by atoms with Crippen molar-refractivity contribution in [2.24, 2.45) is 0 Å². The Kier molecular flexibility index (Phi) is 12.4. The van der Waals surface area contributed by atoms with Crippen molar-refractivity contribution in [3.63, 3.8) is 0 Å². The highest BCUT2D eigenvalue weighted by Gasteiger charge is 2.42. The lowest BCUT2D eigenvalue weighted by molar-refractivity contribution is 0.398. The summed E-state index contributed by atoms with van der Waals surface area (Å²) in [7, 11) is 0. The zero-order valence-electron chi connectivity index (χ0n) is 33.9. The van der Waals surface area contributed by atoms with Crippen molar-refractivity contribution < 1.29 is 0 Å². The number of hydrogen-bond acceptors (Lipinski definition) is 4. The predicted octanol–water partition coefficient (Wildman–Crippen LogP) is 17.5. The summed E-state index contributed by atoms with van der Waals surface area (Å²) in [6.45, 7) is 9.13. The molecule has 0 saturated carbocycles. The summed E-state index contributed by atoms with van der Waals surface area (Å²) in [4.78, 5) is 10.5. The number of nitrogens with zero attached hydrogens (tertiary/aromatic N) is 1. The Morgan fingerprint density at radius 1 is 0.482 bits per heavy atom. The highest BCUT2D eigenvalue weighted by atomic mass is 32.1. The third-order valence-electron chi connectivity index (χ3n) is 12.1. The van der Waals surface area contributed by atoms with Gasteiger partial charge in [-0.05, 0) is 126 Å². The van der Waals surface area contributed by atoms with Crippen molar-refractivity contribution in [1.29, 1.82) is 0 Å². The zero-order chi connectivity index (χ0) is 38.5. The van der Waals surface area contributed by atoms with E-state index >= 15 is 0 Å². The van der Waals surface area contributed by atoms with Crippen LogP contribution in [0.25, 0.3) is 63.2 Å². The lowest BCUT2D eigenvalue weighted by Crippen LogP contribution is -2.25. The molecule has 0 N–H and O–H groups in total. The smallest absolute Gasteiger partial charge is 0.124 e. The number of aryl methyl sites for hydroxylation is 2. The average Bonchev–Trinajstić information content (AvgIpc) is 4.03. The Morgan fingerprint density at radius 3 is 1.80 bits per heavy atom. The molecular weight excluding hydrogens is 735 g/mol. The summed E-state index contributed by atoms with van der Waals surface area (Å²) in [5, 5.41) is 1.09. The van der Waals surface area contributed by atoms with Gasteiger partial charge in [-0.25, -0.2) is 4.98 Å². The van der Waals surface area contributed by atoms with Crippen molar-refractivity contribution in [2.45, 2.75) is 123 Å². The first-order chi connectivity index (χ1) is 27.5. The number of rotatable bonds is 18. The van der Waals surface area contributed by atoms with Gasteiger partial charge >= 0.3 is 0 Å². The maximum Gasteiger partial charge on any atom is 0.124 e. The Morgan fingerprint density at radius 2 is 1.09 bits per heavy atom. The van der Waals surface area contributed by atoms with Crippen LogP contribution in [0.1, 0.15) is 125 Å². The molecule has 3 heterocycles. The highest BCUT2D eigenvalue weighted by Crippen LogP contribution is 2.55. The van der Waals surface area contributed by atoms with E-state index in [1.165, 1.54) is 153 Å². The molecular formula is C52H57NS3. The Labute approximate surface area is 347 Å². The Bertz CT molecular complexity index is 2350. The van der Waals surface area contributed by atoms with Gasteiger partial charge in [0.05, 0.1) is 10.2 Å². The van der Waals surface area contributed by atoms with E-state index < -0.39 is 0 Å². The maximum absolute atomic E-state index is 5.17. The molecule has 7 aromatic rings. The molecule has 288 valence electrons. The number of thiophene rings is 2. The standard InChI is InChI=1S/C52H57NS3/c1-5-7-9-11-13-17-29-52(30-18-14-12-10-8-6-2)44-31-36(3)21-24-42(44)43-25-23-38(35-45(43)52)39-32-40(47-27-28-50(55-47)49-26-22-37(4)54-49)34-41(33-39)51-53-46-19-15-16-20-48(46)56-51/h15-16,19-28,31-35H,5-14,17-18,29-30H2,1-4H3. The fourth-order valence-electron chi connectivity index (χ4n) is 9.11. The average molecular weight is 792 g/mol. The fraction of sp³-hybridized carbons (Fsp3) is 0.365. The first-order valence-electron chi connectivity index (χ1n) is 21.4. The molecule has 0 atom stereocenters. The number of fused-ring (bicyclic) bond motifs is 4. The highest BCUT2D eigenvalue weighted by molar-refractivity contribution is 7.24. The second kappa shape index (κ2) is 17.8. The number of aromatic nitrogens is 1. The second-order valence-electron chi connectivity index (χ2n) is 16.3. The molecule has 1 aliphatic carbocycles. The molecule has 0 unspecified atom stereocenters. The Hall–Kier alpha value is -3.83. The van der Waals surface area contributed by atoms with E-state index in [2.05, 4.69) is 131 Å². The van der Waals surface area contributed by atoms with Crippen LogP contribution in [0.4, 0.5) is 0 Å². The molecule has 1 aliphatic rings. The molecule has 0 amide bonds. The molecule has 4 heteroatoms. The van der Waals surface area contributed by atoms with Gasteiger partial charge in [0.15, 0.2) is 0 Å². The van der Waals surface area contributed by atoms with Crippen molar-refractivity contribution in [2.75, 3.05) is 0 Å². The summed E-state index contributed by atoms with van der Waals surface area (Å²) in [5.74, 6) is 0. The van der Waals surface area contributed by atoms with Crippen LogP contribution < -0.4 is 0 Å². The van der Waals surface area contributed by atoms with Crippen molar-refractivity contribution in [3.8, 4) is 53.0 Å². The van der Waals surface area contributed by atoms with E-state index in [0.717, 1.165) is 10.5 Å². The number of para-hydroxylation sites is 1. The predicted molar refractivity (Wildman–Crippen MR) is 249 cm³/mol. The van der Waals surface area contributed by atoms with Crippen LogP contribution in [0.5, 0.6) is 0 Å². The van der Waals surface area contributed by atoms with Crippen molar-refractivity contribution in [3.05, 3.63) is 125 Å². The second-order valence-corrected chi connectivity index (χ2v) is 19.7. The van der Waals surface area contributed by atoms with E-state index in [9.17, 15) is 0 Å². The van der Waals surface area contributed by atoms with Crippen LogP contribution in [0.2, 0.25) is 0 Å². The molecule has 8 rings (SSSR count). The summed E-state index contributed by atoms with van der Waals surface area (Å²) >= 11 is 5.59. The summed E-state index contributed by atoms with van der Waals surface area (Å²) in [6, 6.07) is 39.7. The monoisotopic (exact) mass is 791 g/mol. The molecule has 0 spiro atoms. The largest absolute Gasteiger partial charge is 0.236 e. The van der Waals surface area contributed by atoms with Crippen molar-refractivity contribution in [1.82, 2.24) is 4.98 Å². The molecule has 3 aromatic heterocycles. The van der Waals surface area contributed by atoms with Crippen molar-refractivity contribution >= 4 is 44.2 Å². The molecule has 0 fully saturated rings. The Balaban J connectivity index is 1.22. The summed E-state index contributed by atoms with van der Waals surface area (Å²) < 4.78 is 1.24. The normalized spacial score (nSPS) is 13.1. The summed E-state index contributed by atoms with van der Waals surface area (Å²) in [6.07, 6.45) is 18.5. The summed E-state index contributed by atoms with van der Waals surface area (Å²) in [5.41, 5.74) is 13.7. The quantitative estimate of drug-likeness (QED) is 0.0789. The third kappa shape index (κ3) is 8.26. The minimum Gasteiger partial charge on any atom is -0.236 e. The topological polar surface area (TPSA) is 12.9 Å². The van der Waals surface area contributed by atoms with Gasteiger partial charge in [0.2, 0.25) is 0 Å². The molecule has 0 aliphatic heterocycles. The van der Waals surface area contributed by atoms with E-state index in [0.29, 0.717) is 0 Å². The molecule has 1 nitrogen and oxygen atoms in total. The molecule has 4 aromatic carbocycles. The van der Waals surface area contributed by atoms with Gasteiger partial charge in [-0.15, -0.1) is 34.0 Å². The van der Waals surface area contributed by atoms with Crippen LogP contribution in [-0.2, 0) is 5.41 Å². The van der Waals surface area contributed by atoms with Crippen LogP contribution >= 0.6 is 34.0 Å². The lowest BCUT2D eigenvalue weighted by atomic mass is 9.70. The van der Waals surface area contributed by atoms with Crippen LogP contribution in [0.3, 0.4) is 0 Å². The number of unbranched alkanes of at least 4 members (excludes halogenated alkanes) is 10. The van der Waals surface area contributed by atoms with E-state index in [1.54, 1.807) is 22.5 Å². The van der Waals surface area contributed by atoms with Gasteiger partial charge in [0.1, 0.15) is 5.01 Å².